The van der Waals surface area contributed by atoms with Crippen molar-refractivity contribution in [2.24, 2.45) is 0 Å². The maximum Gasteiger partial charge on any atom is 0.224 e. The second kappa shape index (κ2) is 6.78. The Morgan fingerprint density at radius 1 is 1.45 bits per heavy atom. The molecule has 20 heavy (non-hydrogen) atoms. The molecule has 2 N–H and O–H groups in total. The Balaban J connectivity index is 1.90. The predicted molar refractivity (Wildman–Crippen MR) is 79.4 cm³/mol. The lowest BCUT2D eigenvalue weighted by Crippen LogP contribution is -2.43. The standard InChI is InChI=1S/C15H18N2O2S/c16-7-5-12-3-1-2-4-13(12)9-14(18)17-10-15(19)6-8-20-11-15/h1-4,19H,5-6,8-11H2,(H,17,18). The van der Waals surface area contributed by atoms with E-state index in [2.05, 4.69) is 11.4 Å². The first kappa shape index (κ1) is 14.9. The van der Waals surface area contributed by atoms with Gasteiger partial charge in [-0.1, -0.05) is 24.3 Å². The van der Waals surface area contributed by atoms with Crippen LogP contribution < -0.4 is 5.32 Å². The average Bonchev–Trinajstić information content (AvgIpc) is 2.87. The van der Waals surface area contributed by atoms with E-state index in [4.69, 9.17) is 5.26 Å². The molecule has 106 valence electrons. The zero-order valence-electron chi connectivity index (χ0n) is 11.3. The number of aliphatic hydroxyl groups is 1. The van der Waals surface area contributed by atoms with Gasteiger partial charge in [0.05, 0.1) is 24.5 Å². The molecule has 1 unspecified atom stereocenters. The van der Waals surface area contributed by atoms with Gasteiger partial charge >= 0.3 is 0 Å². The molecule has 1 fully saturated rings. The fourth-order valence-corrected chi connectivity index (χ4v) is 3.52. The highest BCUT2D eigenvalue weighted by Gasteiger charge is 2.31. The number of carbonyl (C=O) groups is 1. The fraction of sp³-hybridized carbons (Fsp3) is 0.467. The molecule has 0 bridgehead atoms. The minimum atomic E-state index is -0.757. The van der Waals surface area contributed by atoms with Crippen LogP contribution in [0.4, 0.5) is 0 Å². The first-order valence-corrected chi connectivity index (χ1v) is 7.79. The van der Waals surface area contributed by atoms with Crippen LogP contribution in [0.15, 0.2) is 24.3 Å². The van der Waals surface area contributed by atoms with Crippen molar-refractivity contribution in [2.45, 2.75) is 24.9 Å². The van der Waals surface area contributed by atoms with E-state index in [1.807, 2.05) is 24.3 Å². The van der Waals surface area contributed by atoms with E-state index in [0.717, 1.165) is 23.3 Å². The molecule has 4 nitrogen and oxygen atoms in total. The maximum atomic E-state index is 12.0. The van der Waals surface area contributed by atoms with E-state index in [1.54, 1.807) is 11.8 Å². The van der Waals surface area contributed by atoms with Gasteiger partial charge in [0, 0.05) is 12.3 Å². The molecule has 1 aliphatic rings. The Labute approximate surface area is 123 Å². The van der Waals surface area contributed by atoms with Crippen molar-refractivity contribution in [1.29, 1.82) is 5.26 Å². The van der Waals surface area contributed by atoms with Crippen LogP contribution in [0.1, 0.15) is 17.5 Å². The normalized spacial score (nSPS) is 21.4. The number of amides is 1. The zero-order chi connectivity index (χ0) is 14.4. The Hall–Kier alpha value is -1.51. The summed E-state index contributed by atoms with van der Waals surface area (Å²) in [6, 6.07) is 9.57. The van der Waals surface area contributed by atoms with Crippen LogP contribution in [-0.4, -0.2) is 34.7 Å². The van der Waals surface area contributed by atoms with Gasteiger partial charge in [-0.05, 0) is 23.3 Å². The van der Waals surface area contributed by atoms with Gasteiger partial charge in [-0.2, -0.15) is 17.0 Å². The van der Waals surface area contributed by atoms with Crippen LogP contribution in [0, 0.1) is 11.3 Å². The number of rotatable bonds is 5. The highest BCUT2D eigenvalue weighted by Crippen LogP contribution is 2.26. The summed E-state index contributed by atoms with van der Waals surface area (Å²) in [6.07, 6.45) is 1.29. The summed E-state index contributed by atoms with van der Waals surface area (Å²) >= 11 is 1.71. The monoisotopic (exact) mass is 290 g/mol. The summed E-state index contributed by atoms with van der Waals surface area (Å²) in [7, 11) is 0. The van der Waals surface area contributed by atoms with E-state index in [9.17, 15) is 9.90 Å². The van der Waals surface area contributed by atoms with Crippen LogP contribution in [-0.2, 0) is 17.6 Å². The van der Waals surface area contributed by atoms with Gasteiger partial charge < -0.3 is 10.4 Å². The Kier molecular flexibility index (Phi) is 5.05. The minimum Gasteiger partial charge on any atom is -0.387 e. The van der Waals surface area contributed by atoms with Gasteiger partial charge in [-0.15, -0.1) is 0 Å². The van der Waals surface area contributed by atoms with E-state index in [-0.39, 0.29) is 12.3 Å². The highest BCUT2D eigenvalue weighted by molar-refractivity contribution is 7.99. The third-order valence-electron chi connectivity index (χ3n) is 3.44. The molecule has 1 amide bonds. The van der Waals surface area contributed by atoms with E-state index >= 15 is 0 Å². The Bertz CT molecular complexity index is 519. The summed E-state index contributed by atoms with van der Waals surface area (Å²) in [5, 5.41) is 21.7. The van der Waals surface area contributed by atoms with E-state index in [0.29, 0.717) is 18.7 Å². The maximum absolute atomic E-state index is 12.0. The largest absolute Gasteiger partial charge is 0.387 e. The predicted octanol–water partition coefficient (Wildman–Crippen LogP) is 1.28. The quantitative estimate of drug-likeness (QED) is 0.857. The summed E-state index contributed by atoms with van der Waals surface area (Å²) in [6.45, 7) is 0.305. The molecular weight excluding hydrogens is 272 g/mol. The molecule has 1 aliphatic heterocycles. The summed E-state index contributed by atoms with van der Waals surface area (Å²) in [4.78, 5) is 12.0. The van der Waals surface area contributed by atoms with Crippen molar-refractivity contribution in [2.75, 3.05) is 18.1 Å². The second-order valence-corrected chi connectivity index (χ2v) is 6.19. The summed E-state index contributed by atoms with van der Waals surface area (Å²) in [5.74, 6) is 1.51. The number of hydrogen-bond acceptors (Lipinski definition) is 4. The highest BCUT2D eigenvalue weighted by atomic mass is 32.2. The summed E-state index contributed by atoms with van der Waals surface area (Å²) in [5.41, 5.74) is 1.01. The lowest BCUT2D eigenvalue weighted by atomic mass is 10.0. The number of benzene rings is 1. The third kappa shape index (κ3) is 3.99. The van der Waals surface area contributed by atoms with E-state index < -0.39 is 5.60 Å². The van der Waals surface area contributed by atoms with Crippen LogP contribution in [0.3, 0.4) is 0 Å². The van der Waals surface area contributed by atoms with Gasteiger partial charge in [-0.3, -0.25) is 4.79 Å². The number of thioether (sulfide) groups is 1. The first-order chi connectivity index (χ1) is 9.63. The van der Waals surface area contributed by atoms with Crippen molar-refractivity contribution in [3.8, 4) is 6.07 Å². The Morgan fingerprint density at radius 3 is 2.85 bits per heavy atom. The van der Waals surface area contributed by atoms with Gasteiger partial charge in [-0.25, -0.2) is 0 Å². The van der Waals surface area contributed by atoms with Crippen LogP contribution >= 0.6 is 11.8 Å². The first-order valence-electron chi connectivity index (χ1n) is 6.63. The molecule has 1 atom stereocenters. The summed E-state index contributed by atoms with van der Waals surface area (Å²) < 4.78 is 0. The molecule has 1 heterocycles. The molecule has 1 aromatic rings. The van der Waals surface area contributed by atoms with Gasteiger partial charge in [0.2, 0.25) is 5.91 Å². The molecule has 0 saturated carbocycles. The van der Waals surface area contributed by atoms with Crippen molar-refractivity contribution >= 4 is 17.7 Å². The number of carbonyl (C=O) groups excluding carboxylic acids is 1. The molecule has 0 aliphatic carbocycles. The lowest BCUT2D eigenvalue weighted by molar-refractivity contribution is -0.121. The SMILES string of the molecule is N#CCc1ccccc1CC(=O)NCC1(O)CCSC1. The van der Waals surface area contributed by atoms with Crippen molar-refractivity contribution in [1.82, 2.24) is 5.32 Å². The number of nitriles is 1. The molecule has 1 aromatic carbocycles. The molecule has 2 rings (SSSR count). The minimum absolute atomic E-state index is 0.110. The lowest BCUT2D eigenvalue weighted by Gasteiger charge is -2.21. The topological polar surface area (TPSA) is 73.1 Å². The van der Waals surface area contributed by atoms with Crippen molar-refractivity contribution < 1.29 is 9.90 Å². The van der Waals surface area contributed by atoms with E-state index in [1.165, 1.54) is 0 Å². The fourth-order valence-electron chi connectivity index (χ4n) is 2.22. The molecule has 0 radical (unpaired) electrons. The number of hydrogen-bond donors (Lipinski definition) is 2. The van der Waals surface area contributed by atoms with Crippen molar-refractivity contribution in [3.05, 3.63) is 35.4 Å². The molecule has 0 aromatic heterocycles. The van der Waals surface area contributed by atoms with Crippen LogP contribution in [0.25, 0.3) is 0 Å². The number of nitrogens with one attached hydrogen (secondary N) is 1. The smallest absolute Gasteiger partial charge is 0.224 e. The average molecular weight is 290 g/mol. The molecule has 5 heteroatoms. The van der Waals surface area contributed by atoms with Crippen LogP contribution in [0.5, 0.6) is 0 Å². The molecular formula is C15H18N2O2S. The van der Waals surface area contributed by atoms with Gasteiger partial charge in [0.15, 0.2) is 0 Å². The number of nitrogens with zero attached hydrogens (tertiary/aromatic N) is 1. The second-order valence-electron chi connectivity index (χ2n) is 5.08. The molecule has 1 saturated heterocycles. The van der Waals surface area contributed by atoms with Gasteiger partial charge in [0.1, 0.15) is 0 Å². The third-order valence-corrected chi connectivity index (χ3v) is 4.67. The Morgan fingerprint density at radius 2 is 2.20 bits per heavy atom. The van der Waals surface area contributed by atoms with Crippen LogP contribution in [0.2, 0.25) is 0 Å². The molecule has 0 spiro atoms. The van der Waals surface area contributed by atoms with Crippen molar-refractivity contribution in [3.63, 3.8) is 0 Å². The zero-order valence-corrected chi connectivity index (χ0v) is 12.1. The van der Waals surface area contributed by atoms with Gasteiger partial charge in [0.25, 0.3) is 0 Å².